The van der Waals surface area contributed by atoms with Gasteiger partial charge in [-0.3, -0.25) is 9.69 Å². The highest BCUT2D eigenvalue weighted by atomic mass is 32.2. The number of nitrogens with one attached hydrogen (secondary N) is 1. The first-order valence-corrected chi connectivity index (χ1v) is 10.8. The minimum absolute atomic E-state index is 0.0873. The first-order valence-electron chi connectivity index (χ1n) is 10.0. The topological polar surface area (TPSA) is 65.5 Å². The molecule has 1 atom stereocenters. The van der Waals surface area contributed by atoms with E-state index in [1.54, 1.807) is 0 Å². The average Bonchev–Trinajstić information content (AvgIpc) is 3.03. The number of halogens is 6. The van der Waals surface area contributed by atoms with Crippen molar-refractivity contribution >= 4 is 35.1 Å². The van der Waals surface area contributed by atoms with Gasteiger partial charge in [0.2, 0.25) is 5.91 Å². The maximum atomic E-state index is 13.0. The number of pyridine rings is 1. The van der Waals surface area contributed by atoms with Crippen LogP contribution in [0, 0.1) is 5.92 Å². The third-order valence-electron chi connectivity index (χ3n) is 5.03. The molecule has 1 aromatic carbocycles. The second kappa shape index (κ2) is 9.72. The van der Waals surface area contributed by atoms with Crippen molar-refractivity contribution in [2.24, 2.45) is 5.92 Å². The van der Waals surface area contributed by atoms with Crippen molar-refractivity contribution in [3.63, 3.8) is 0 Å². The van der Waals surface area contributed by atoms with Crippen molar-refractivity contribution in [3.05, 3.63) is 48.3 Å². The van der Waals surface area contributed by atoms with Crippen molar-refractivity contribution < 1.29 is 35.9 Å². The highest BCUT2D eigenvalue weighted by Gasteiger charge is 2.41. The summed E-state index contributed by atoms with van der Waals surface area (Å²) in [4.78, 5) is 31.4. The number of urea groups is 1. The molecule has 0 spiro atoms. The number of benzene rings is 1. The van der Waals surface area contributed by atoms with Crippen LogP contribution in [0.1, 0.15) is 19.5 Å². The van der Waals surface area contributed by atoms with Crippen LogP contribution in [0.3, 0.4) is 0 Å². The highest BCUT2D eigenvalue weighted by molar-refractivity contribution is 8.00. The predicted molar refractivity (Wildman–Crippen MR) is 114 cm³/mol. The summed E-state index contributed by atoms with van der Waals surface area (Å²) in [6, 6.07) is 6.10. The average molecular weight is 506 g/mol. The number of alkyl halides is 6. The Labute approximate surface area is 195 Å². The standard InChI is InChI=1S/C21H20F6N4O2S/c1-12(2)16-10-30(14-6-7-17(28-9-14)20(22,23)24)19(33)31(16)11-18(32)29-13-4-3-5-15(8-13)34-21(25,26)27/h3-9,12,16H,10-11H2,1-2H3,(H,29,32)/t16-/m1/s1. The van der Waals surface area contributed by atoms with Crippen LogP contribution in [-0.4, -0.2) is 46.5 Å². The summed E-state index contributed by atoms with van der Waals surface area (Å²) in [7, 11) is 0. The molecule has 34 heavy (non-hydrogen) atoms. The molecule has 1 aliphatic rings. The first-order chi connectivity index (χ1) is 15.7. The van der Waals surface area contributed by atoms with Gasteiger partial charge in [0.1, 0.15) is 12.2 Å². The molecule has 0 aliphatic carbocycles. The monoisotopic (exact) mass is 506 g/mol. The van der Waals surface area contributed by atoms with Crippen LogP contribution in [0.15, 0.2) is 47.5 Å². The second-order valence-electron chi connectivity index (χ2n) is 7.86. The summed E-state index contributed by atoms with van der Waals surface area (Å²) in [5.74, 6) is -0.712. The van der Waals surface area contributed by atoms with Crippen LogP contribution in [0.4, 0.5) is 42.5 Å². The van der Waals surface area contributed by atoms with E-state index in [9.17, 15) is 35.9 Å². The number of rotatable bonds is 6. The lowest BCUT2D eigenvalue weighted by Gasteiger charge is -2.25. The largest absolute Gasteiger partial charge is 0.446 e. The molecule has 1 N–H and O–H groups in total. The predicted octanol–water partition coefficient (Wildman–Crippen LogP) is 5.62. The van der Waals surface area contributed by atoms with Crippen LogP contribution < -0.4 is 10.2 Å². The van der Waals surface area contributed by atoms with E-state index in [0.29, 0.717) is 0 Å². The van der Waals surface area contributed by atoms with E-state index in [1.807, 2.05) is 13.8 Å². The molecule has 0 saturated carbocycles. The summed E-state index contributed by atoms with van der Waals surface area (Å²) in [5, 5.41) is 2.48. The summed E-state index contributed by atoms with van der Waals surface area (Å²) in [6.45, 7) is 3.40. The molecule has 184 valence electrons. The van der Waals surface area contributed by atoms with E-state index >= 15 is 0 Å². The van der Waals surface area contributed by atoms with Crippen molar-refractivity contribution in [2.45, 2.75) is 36.5 Å². The minimum atomic E-state index is -4.62. The molecule has 1 aliphatic heterocycles. The SMILES string of the molecule is CC(C)[C@H]1CN(c2ccc(C(F)(F)F)nc2)C(=O)N1CC(=O)Nc1cccc(SC(F)(F)F)c1. The third kappa shape index (κ3) is 6.33. The van der Waals surface area contributed by atoms with E-state index in [-0.39, 0.29) is 47.0 Å². The summed E-state index contributed by atoms with van der Waals surface area (Å²) in [6.07, 6.45) is -3.67. The number of anilines is 2. The fourth-order valence-electron chi connectivity index (χ4n) is 3.47. The quantitative estimate of drug-likeness (QED) is 0.408. The molecule has 13 heteroatoms. The number of carbonyl (C=O) groups excluding carboxylic acids is 2. The Kier molecular flexibility index (Phi) is 7.34. The Hall–Kier alpha value is -2.96. The number of aromatic nitrogens is 1. The molecule has 2 aromatic rings. The zero-order chi connectivity index (χ0) is 25.3. The molecular formula is C21H20F6N4O2S. The fourth-order valence-corrected chi connectivity index (χ4v) is 4.07. The smallest absolute Gasteiger partial charge is 0.325 e. The lowest BCUT2D eigenvalue weighted by molar-refractivity contribution is -0.141. The van der Waals surface area contributed by atoms with Gasteiger partial charge in [-0.05, 0) is 48.0 Å². The highest BCUT2D eigenvalue weighted by Crippen LogP contribution is 2.37. The van der Waals surface area contributed by atoms with Gasteiger partial charge < -0.3 is 10.2 Å². The van der Waals surface area contributed by atoms with Crippen LogP contribution in [0.25, 0.3) is 0 Å². The molecule has 2 heterocycles. The van der Waals surface area contributed by atoms with E-state index in [2.05, 4.69) is 10.3 Å². The normalized spacial score (nSPS) is 17.0. The van der Waals surface area contributed by atoms with Crippen LogP contribution in [0.2, 0.25) is 0 Å². The number of thioether (sulfide) groups is 1. The summed E-state index contributed by atoms with van der Waals surface area (Å²) >= 11 is -0.319. The maximum absolute atomic E-state index is 13.0. The van der Waals surface area contributed by atoms with Crippen molar-refractivity contribution in [3.8, 4) is 0 Å². The molecule has 0 radical (unpaired) electrons. The number of nitrogens with zero attached hydrogens (tertiary/aromatic N) is 3. The van der Waals surface area contributed by atoms with Crippen LogP contribution in [0.5, 0.6) is 0 Å². The van der Waals surface area contributed by atoms with Gasteiger partial charge in [0.15, 0.2) is 0 Å². The summed E-state index contributed by atoms with van der Waals surface area (Å²) in [5.41, 5.74) is -5.28. The number of amides is 3. The van der Waals surface area contributed by atoms with Gasteiger partial charge in [0, 0.05) is 17.1 Å². The van der Waals surface area contributed by atoms with Gasteiger partial charge >= 0.3 is 17.7 Å². The van der Waals surface area contributed by atoms with Gasteiger partial charge in [-0.2, -0.15) is 26.3 Å². The first kappa shape index (κ1) is 25.7. The van der Waals surface area contributed by atoms with Gasteiger partial charge in [0.25, 0.3) is 0 Å². The van der Waals surface area contributed by atoms with E-state index in [1.165, 1.54) is 34.1 Å². The van der Waals surface area contributed by atoms with Crippen LogP contribution in [-0.2, 0) is 11.0 Å². The van der Waals surface area contributed by atoms with Crippen molar-refractivity contribution in [1.82, 2.24) is 9.88 Å². The number of carbonyl (C=O) groups is 2. The van der Waals surface area contributed by atoms with Gasteiger partial charge in [0.05, 0.1) is 17.9 Å². The van der Waals surface area contributed by atoms with Crippen molar-refractivity contribution in [1.29, 1.82) is 0 Å². The molecule has 6 nitrogen and oxygen atoms in total. The minimum Gasteiger partial charge on any atom is -0.325 e. The molecule has 1 saturated heterocycles. The molecule has 1 fully saturated rings. The lowest BCUT2D eigenvalue weighted by atomic mass is 10.0. The zero-order valence-electron chi connectivity index (χ0n) is 17.9. The molecule has 3 amide bonds. The Balaban J connectivity index is 1.72. The Morgan fingerprint density at radius 1 is 1.18 bits per heavy atom. The maximum Gasteiger partial charge on any atom is 0.446 e. The number of hydrogen-bond acceptors (Lipinski definition) is 4. The molecule has 1 aromatic heterocycles. The van der Waals surface area contributed by atoms with E-state index in [4.69, 9.17) is 0 Å². The van der Waals surface area contributed by atoms with E-state index in [0.717, 1.165) is 18.3 Å². The summed E-state index contributed by atoms with van der Waals surface area (Å²) < 4.78 is 76.1. The van der Waals surface area contributed by atoms with Gasteiger partial charge in [-0.15, -0.1) is 0 Å². The molecular weight excluding hydrogens is 486 g/mol. The Morgan fingerprint density at radius 3 is 2.44 bits per heavy atom. The lowest BCUT2D eigenvalue weighted by Crippen LogP contribution is -2.42. The molecule has 0 bridgehead atoms. The van der Waals surface area contributed by atoms with E-state index < -0.39 is 35.4 Å². The fraction of sp³-hybridized carbons (Fsp3) is 0.381. The van der Waals surface area contributed by atoms with Gasteiger partial charge in [-0.1, -0.05) is 19.9 Å². The second-order valence-corrected chi connectivity index (χ2v) is 8.99. The van der Waals surface area contributed by atoms with Gasteiger partial charge in [-0.25, -0.2) is 9.78 Å². The van der Waals surface area contributed by atoms with Crippen LogP contribution >= 0.6 is 11.8 Å². The Bertz CT molecular complexity index is 1040. The van der Waals surface area contributed by atoms with Crippen molar-refractivity contribution in [2.75, 3.05) is 23.3 Å². The zero-order valence-corrected chi connectivity index (χ0v) is 18.8. The number of hydrogen-bond donors (Lipinski definition) is 1. The third-order valence-corrected chi connectivity index (χ3v) is 5.75. The Morgan fingerprint density at radius 2 is 1.88 bits per heavy atom. The molecule has 3 rings (SSSR count). The molecule has 0 unspecified atom stereocenters.